The van der Waals surface area contributed by atoms with Crippen molar-refractivity contribution in [2.75, 3.05) is 26.9 Å². The number of benzene rings is 2. The van der Waals surface area contributed by atoms with Gasteiger partial charge in [0.25, 0.3) is 0 Å². The molecule has 0 aliphatic carbocycles. The molecule has 0 aromatic heterocycles. The van der Waals surface area contributed by atoms with E-state index in [4.69, 9.17) is 19.9 Å². The molecule has 0 saturated carbocycles. The number of hydrogen-bond donors (Lipinski definition) is 1. The van der Waals surface area contributed by atoms with Crippen LogP contribution in [0.3, 0.4) is 0 Å². The molecule has 2 aromatic carbocycles. The maximum Gasteiger partial charge on any atom is 0.164 e. The van der Waals surface area contributed by atoms with Gasteiger partial charge in [-0.15, -0.1) is 0 Å². The number of rotatable bonds is 8. The first-order valence-corrected chi connectivity index (χ1v) is 7.84. The van der Waals surface area contributed by atoms with E-state index in [2.05, 4.69) is 19.9 Å². The average Bonchev–Trinajstić information content (AvgIpc) is 2.51. The molecule has 0 fully saturated rings. The molecule has 23 heavy (non-hydrogen) atoms. The maximum absolute atomic E-state index is 5.89. The third-order valence-electron chi connectivity index (χ3n) is 3.49. The topological polar surface area (TPSA) is 53.7 Å². The molecule has 4 heteroatoms. The van der Waals surface area contributed by atoms with Gasteiger partial charge in [-0.3, -0.25) is 0 Å². The van der Waals surface area contributed by atoms with Crippen LogP contribution >= 0.6 is 0 Å². The first-order chi connectivity index (χ1) is 11.1. The molecule has 4 nitrogen and oxygen atoms in total. The third-order valence-corrected chi connectivity index (χ3v) is 3.49. The summed E-state index contributed by atoms with van der Waals surface area (Å²) in [4.78, 5) is 0. The Morgan fingerprint density at radius 3 is 2.30 bits per heavy atom. The highest BCUT2D eigenvalue weighted by Crippen LogP contribution is 2.31. The second-order valence-electron chi connectivity index (χ2n) is 5.51. The predicted molar refractivity (Wildman–Crippen MR) is 92.7 cm³/mol. The summed E-state index contributed by atoms with van der Waals surface area (Å²) in [5, 5.41) is 0. The monoisotopic (exact) mass is 315 g/mol. The minimum Gasteiger partial charge on any atom is -0.493 e. The summed E-state index contributed by atoms with van der Waals surface area (Å²) in [5.74, 6) is 2.35. The zero-order chi connectivity index (χ0) is 16.7. The van der Waals surface area contributed by atoms with Crippen LogP contribution in [-0.2, 0) is 6.42 Å². The van der Waals surface area contributed by atoms with E-state index in [1.807, 2.05) is 30.3 Å². The summed E-state index contributed by atoms with van der Waals surface area (Å²) in [6, 6.07) is 12.0. The van der Waals surface area contributed by atoms with Gasteiger partial charge < -0.3 is 19.9 Å². The number of hydrogen-bond acceptors (Lipinski definition) is 4. The van der Waals surface area contributed by atoms with Gasteiger partial charge in [0, 0.05) is 0 Å². The van der Waals surface area contributed by atoms with E-state index in [0.717, 1.165) is 29.2 Å². The number of ether oxygens (including phenoxy) is 3. The summed E-state index contributed by atoms with van der Waals surface area (Å²) in [6.45, 7) is 5.62. The van der Waals surface area contributed by atoms with Crippen molar-refractivity contribution in [3.8, 4) is 17.2 Å². The van der Waals surface area contributed by atoms with E-state index >= 15 is 0 Å². The highest BCUT2D eigenvalue weighted by molar-refractivity contribution is 5.46. The number of aryl methyl sites for hydroxylation is 2. The van der Waals surface area contributed by atoms with E-state index in [1.165, 1.54) is 11.1 Å². The number of nitrogens with two attached hydrogens (primary N) is 1. The van der Waals surface area contributed by atoms with Crippen LogP contribution < -0.4 is 19.9 Å². The fourth-order valence-electron chi connectivity index (χ4n) is 2.56. The maximum atomic E-state index is 5.89. The molecule has 124 valence electrons. The summed E-state index contributed by atoms with van der Waals surface area (Å²) in [7, 11) is 1.64. The zero-order valence-corrected chi connectivity index (χ0v) is 14.1. The van der Waals surface area contributed by atoms with Gasteiger partial charge in [0.05, 0.1) is 7.11 Å². The first kappa shape index (κ1) is 17.2. The average molecular weight is 315 g/mol. The lowest BCUT2D eigenvalue weighted by atomic mass is 10.1. The molecule has 0 saturated heterocycles. The van der Waals surface area contributed by atoms with Gasteiger partial charge in [0.1, 0.15) is 19.0 Å². The van der Waals surface area contributed by atoms with Crippen molar-refractivity contribution in [1.82, 2.24) is 0 Å². The van der Waals surface area contributed by atoms with Crippen molar-refractivity contribution in [3.05, 3.63) is 53.1 Å². The molecule has 0 bridgehead atoms. The number of para-hydroxylation sites is 1. The van der Waals surface area contributed by atoms with Crippen molar-refractivity contribution >= 4 is 0 Å². The SMILES string of the molecule is COc1cccc(CCN)c1OCCOc1cc(C)cc(C)c1. The predicted octanol–water partition coefficient (Wildman–Crippen LogP) is 3.27. The smallest absolute Gasteiger partial charge is 0.164 e. The van der Waals surface area contributed by atoms with Crippen molar-refractivity contribution in [2.45, 2.75) is 20.3 Å². The Hall–Kier alpha value is -2.20. The Labute approximate surface area is 138 Å². The van der Waals surface area contributed by atoms with E-state index in [0.29, 0.717) is 19.8 Å². The van der Waals surface area contributed by atoms with Gasteiger partial charge in [0.15, 0.2) is 11.5 Å². The van der Waals surface area contributed by atoms with Crippen LogP contribution in [0.25, 0.3) is 0 Å². The van der Waals surface area contributed by atoms with Crippen LogP contribution in [0.15, 0.2) is 36.4 Å². The Balaban J connectivity index is 1.95. The minimum atomic E-state index is 0.449. The second kappa shape index (κ2) is 8.44. The van der Waals surface area contributed by atoms with Crippen LogP contribution in [-0.4, -0.2) is 26.9 Å². The molecule has 0 spiro atoms. The summed E-state index contributed by atoms with van der Waals surface area (Å²) in [6.07, 6.45) is 0.754. The molecule has 0 aliphatic rings. The van der Waals surface area contributed by atoms with Gasteiger partial charge >= 0.3 is 0 Å². The molecular weight excluding hydrogens is 290 g/mol. The van der Waals surface area contributed by atoms with E-state index < -0.39 is 0 Å². The second-order valence-corrected chi connectivity index (χ2v) is 5.51. The largest absolute Gasteiger partial charge is 0.493 e. The standard InChI is InChI=1S/C19H25NO3/c1-14-11-15(2)13-17(12-14)22-9-10-23-19-16(7-8-20)5-4-6-18(19)21-3/h4-6,11-13H,7-10,20H2,1-3H3. The van der Waals surface area contributed by atoms with E-state index in [9.17, 15) is 0 Å². The van der Waals surface area contributed by atoms with E-state index in [-0.39, 0.29) is 0 Å². The van der Waals surface area contributed by atoms with Crippen LogP contribution in [0.1, 0.15) is 16.7 Å². The molecule has 0 unspecified atom stereocenters. The highest BCUT2D eigenvalue weighted by Gasteiger charge is 2.10. The van der Waals surface area contributed by atoms with Crippen molar-refractivity contribution < 1.29 is 14.2 Å². The third kappa shape index (κ3) is 4.89. The van der Waals surface area contributed by atoms with Crippen LogP contribution in [0, 0.1) is 13.8 Å². The zero-order valence-electron chi connectivity index (χ0n) is 14.1. The van der Waals surface area contributed by atoms with Gasteiger partial charge in [-0.1, -0.05) is 18.2 Å². The van der Waals surface area contributed by atoms with Crippen LogP contribution in [0.2, 0.25) is 0 Å². The Kier molecular flexibility index (Phi) is 6.29. The molecule has 0 radical (unpaired) electrons. The van der Waals surface area contributed by atoms with Gasteiger partial charge in [-0.05, 0) is 61.7 Å². The molecule has 0 aliphatic heterocycles. The van der Waals surface area contributed by atoms with Crippen LogP contribution in [0.4, 0.5) is 0 Å². The summed E-state index contributed by atoms with van der Waals surface area (Å²) >= 11 is 0. The summed E-state index contributed by atoms with van der Waals surface area (Å²) in [5.41, 5.74) is 9.09. The fraction of sp³-hybridized carbons (Fsp3) is 0.368. The van der Waals surface area contributed by atoms with Crippen LogP contribution in [0.5, 0.6) is 17.2 Å². The molecule has 0 amide bonds. The highest BCUT2D eigenvalue weighted by atomic mass is 16.5. The molecule has 0 atom stereocenters. The number of methoxy groups -OCH3 is 1. The lowest BCUT2D eigenvalue weighted by molar-refractivity contribution is 0.210. The first-order valence-electron chi connectivity index (χ1n) is 7.84. The Morgan fingerprint density at radius 2 is 1.65 bits per heavy atom. The lowest BCUT2D eigenvalue weighted by Crippen LogP contribution is -2.12. The molecule has 2 aromatic rings. The van der Waals surface area contributed by atoms with Gasteiger partial charge in [0.2, 0.25) is 0 Å². The minimum absolute atomic E-state index is 0.449. The normalized spacial score (nSPS) is 10.4. The quantitative estimate of drug-likeness (QED) is 0.760. The fourth-order valence-corrected chi connectivity index (χ4v) is 2.56. The molecule has 2 N–H and O–H groups in total. The Bertz CT molecular complexity index is 620. The van der Waals surface area contributed by atoms with E-state index in [1.54, 1.807) is 7.11 Å². The van der Waals surface area contributed by atoms with Gasteiger partial charge in [-0.25, -0.2) is 0 Å². The van der Waals surface area contributed by atoms with Crippen molar-refractivity contribution in [1.29, 1.82) is 0 Å². The van der Waals surface area contributed by atoms with Crippen molar-refractivity contribution in [3.63, 3.8) is 0 Å². The van der Waals surface area contributed by atoms with Gasteiger partial charge in [-0.2, -0.15) is 0 Å². The summed E-state index contributed by atoms with van der Waals surface area (Å²) < 4.78 is 17.0. The lowest BCUT2D eigenvalue weighted by Gasteiger charge is -2.15. The molecule has 0 heterocycles. The Morgan fingerprint density at radius 1 is 0.957 bits per heavy atom. The molecule has 2 rings (SSSR count). The molecular formula is C19H25NO3. The van der Waals surface area contributed by atoms with Crippen molar-refractivity contribution in [2.24, 2.45) is 5.73 Å².